The minimum Gasteiger partial charge on any atom is -0.294 e. The molecule has 0 saturated heterocycles. The smallest absolute Gasteiger partial charge is 0.236 e. The summed E-state index contributed by atoms with van der Waals surface area (Å²) in [5, 5.41) is 2.90. The summed E-state index contributed by atoms with van der Waals surface area (Å²) in [5.74, 6) is 0.494. The van der Waals surface area contributed by atoms with E-state index in [0.717, 1.165) is 0 Å². The maximum atomic E-state index is 11.5. The van der Waals surface area contributed by atoms with Crippen LogP contribution < -0.4 is 5.32 Å². The van der Waals surface area contributed by atoms with Gasteiger partial charge in [-0.25, -0.2) is 9.97 Å². The lowest BCUT2D eigenvalue weighted by molar-refractivity contribution is -0.113. The topological polar surface area (TPSA) is 54.9 Å². The van der Waals surface area contributed by atoms with Gasteiger partial charge in [0.15, 0.2) is 0 Å². The second-order valence-electron chi connectivity index (χ2n) is 4.15. The number of hydrogen-bond donors (Lipinski definition) is 1. The number of carbonyl (C=O) groups excluding carboxylic acids is 1. The molecule has 4 nitrogen and oxygen atoms in total. The number of aromatic nitrogens is 2. The first-order valence-corrected chi connectivity index (χ1v) is 6.15. The number of rotatable bonds is 3. The highest BCUT2D eigenvalue weighted by atomic mass is 35.5. The van der Waals surface area contributed by atoms with Crippen molar-refractivity contribution in [3.05, 3.63) is 17.4 Å². The molecular weight excluding hydrogens is 246 g/mol. The van der Waals surface area contributed by atoms with E-state index in [2.05, 4.69) is 36.1 Å². The van der Waals surface area contributed by atoms with E-state index in [1.54, 1.807) is 17.8 Å². The summed E-state index contributed by atoms with van der Waals surface area (Å²) in [5.41, 5.74) is 0. The molecule has 0 spiro atoms. The monoisotopic (exact) mass is 259 g/mol. The van der Waals surface area contributed by atoms with E-state index in [-0.39, 0.29) is 16.6 Å². The van der Waals surface area contributed by atoms with E-state index in [1.807, 2.05) is 0 Å². The Balaban J connectivity index is 2.46. The molecule has 16 heavy (non-hydrogen) atoms. The molecule has 88 valence electrons. The van der Waals surface area contributed by atoms with Crippen LogP contribution in [0.4, 0.5) is 5.95 Å². The van der Waals surface area contributed by atoms with E-state index in [0.29, 0.717) is 10.9 Å². The Morgan fingerprint density at radius 3 is 2.81 bits per heavy atom. The van der Waals surface area contributed by atoms with Crippen molar-refractivity contribution in [1.82, 2.24) is 9.97 Å². The number of carbonyl (C=O) groups is 1. The summed E-state index contributed by atoms with van der Waals surface area (Å²) in [4.78, 5) is 19.3. The second-order valence-corrected chi connectivity index (χ2v) is 6.34. The van der Waals surface area contributed by atoms with Gasteiger partial charge in [0.05, 0.1) is 5.75 Å². The fourth-order valence-electron chi connectivity index (χ4n) is 0.840. The summed E-state index contributed by atoms with van der Waals surface area (Å²) in [7, 11) is 0. The Morgan fingerprint density at radius 1 is 1.56 bits per heavy atom. The van der Waals surface area contributed by atoms with Crippen molar-refractivity contribution in [2.45, 2.75) is 25.5 Å². The zero-order valence-electron chi connectivity index (χ0n) is 9.45. The summed E-state index contributed by atoms with van der Waals surface area (Å²) >= 11 is 7.23. The summed E-state index contributed by atoms with van der Waals surface area (Å²) in [6.07, 6.45) is 1.50. The predicted octanol–water partition coefficient (Wildman–Crippen LogP) is 2.60. The normalized spacial score (nSPS) is 11.2. The number of amides is 1. The van der Waals surface area contributed by atoms with Crippen molar-refractivity contribution < 1.29 is 4.79 Å². The Morgan fingerprint density at radius 2 is 2.25 bits per heavy atom. The predicted molar refractivity (Wildman–Crippen MR) is 67.9 cm³/mol. The van der Waals surface area contributed by atoms with Crippen molar-refractivity contribution in [1.29, 1.82) is 0 Å². The van der Waals surface area contributed by atoms with Gasteiger partial charge in [-0.2, -0.15) is 0 Å². The molecule has 1 heterocycles. The average molecular weight is 260 g/mol. The molecule has 0 aliphatic rings. The quantitative estimate of drug-likeness (QED) is 0.848. The molecular formula is C10H14ClN3OS. The van der Waals surface area contributed by atoms with Gasteiger partial charge >= 0.3 is 0 Å². The maximum Gasteiger partial charge on any atom is 0.236 e. The van der Waals surface area contributed by atoms with Crippen LogP contribution in [0.3, 0.4) is 0 Å². The van der Waals surface area contributed by atoms with Crippen molar-refractivity contribution in [2.75, 3.05) is 11.1 Å². The SMILES string of the molecule is CC(C)(C)SCC(=O)Nc1nccc(Cl)n1. The molecule has 0 aliphatic heterocycles. The third-order valence-corrected chi connectivity index (χ3v) is 2.99. The van der Waals surface area contributed by atoms with Crippen LogP contribution in [0.1, 0.15) is 20.8 Å². The molecule has 0 radical (unpaired) electrons. The van der Waals surface area contributed by atoms with Crippen LogP contribution in [0, 0.1) is 0 Å². The lowest BCUT2D eigenvalue weighted by atomic mass is 10.3. The standard InChI is InChI=1S/C10H14ClN3OS/c1-10(2,3)16-6-8(15)14-9-12-5-4-7(11)13-9/h4-5H,6H2,1-3H3,(H,12,13,14,15). The number of nitrogens with zero attached hydrogens (tertiary/aromatic N) is 2. The Kier molecular flexibility index (Phi) is 4.56. The first-order chi connectivity index (χ1) is 7.37. The summed E-state index contributed by atoms with van der Waals surface area (Å²) < 4.78 is 0.0620. The van der Waals surface area contributed by atoms with Gasteiger partial charge in [-0.05, 0) is 6.07 Å². The molecule has 0 aromatic carbocycles. The molecule has 0 aliphatic carbocycles. The molecule has 1 amide bonds. The van der Waals surface area contributed by atoms with E-state index in [9.17, 15) is 4.79 Å². The minimum atomic E-state index is -0.123. The molecule has 1 rings (SSSR count). The third kappa shape index (κ3) is 5.32. The number of thioether (sulfide) groups is 1. The second kappa shape index (κ2) is 5.50. The fourth-order valence-corrected chi connectivity index (χ4v) is 1.61. The number of halogens is 1. The number of nitrogens with one attached hydrogen (secondary N) is 1. The summed E-state index contributed by atoms with van der Waals surface area (Å²) in [6, 6.07) is 1.56. The Hall–Kier alpha value is -0.810. The number of anilines is 1. The van der Waals surface area contributed by atoms with Crippen LogP contribution in [-0.2, 0) is 4.79 Å². The van der Waals surface area contributed by atoms with Gasteiger partial charge in [0.2, 0.25) is 11.9 Å². The third-order valence-electron chi connectivity index (χ3n) is 1.51. The van der Waals surface area contributed by atoms with Crippen molar-refractivity contribution in [2.24, 2.45) is 0 Å². The van der Waals surface area contributed by atoms with Gasteiger partial charge in [-0.15, -0.1) is 11.8 Å². The molecule has 0 saturated carbocycles. The highest BCUT2D eigenvalue weighted by Crippen LogP contribution is 2.22. The van der Waals surface area contributed by atoms with E-state index in [4.69, 9.17) is 11.6 Å². The van der Waals surface area contributed by atoms with Gasteiger partial charge in [-0.1, -0.05) is 32.4 Å². The molecule has 1 N–H and O–H groups in total. The van der Waals surface area contributed by atoms with Gasteiger partial charge in [0, 0.05) is 10.9 Å². The molecule has 1 aromatic rings. The molecule has 0 atom stereocenters. The molecule has 6 heteroatoms. The molecule has 1 aromatic heterocycles. The number of hydrogen-bond acceptors (Lipinski definition) is 4. The summed E-state index contributed by atoms with van der Waals surface area (Å²) in [6.45, 7) is 6.17. The first-order valence-electron chi connectivity index (χ1n) is 4.79. The van der Waals surface area contributed by atoms with E-state index < -0.39 is 0 Å². The van der Waals surface area contributed by atoms with Gasteiger partial charge in [0.25, 0.3) is 0 Å². The van der Waals surface area contributed by atoms with Gasteiger partial charge in [0.1, 0.15) is 5.15 Å². The lowest BCUT2D eigenvalue weighted by Gasteiger charge is -2.16. The zero-order chi connectivity index (χ0) is 12.2. The molecule has 0 fully saturated rings. The largest absolute Gasteiger partial charge is 0.294 e. The first kappa shape index (κ1) is 13.3. The zero-order valence-corrected chi connectivity index (χ0v) is 11.0. The van der Waals surface area contributed by atoms with Crippen LogP contribution in [0.2, 0.25) is 5.15 Å². The minimum absolute atomic E-state index is 0.0620. The van der Waals surface area contributed by atoms with Crippen LogP contribution in [-0.4, -0.2) is 26.4 Å². The highest BCUT2D eigenvalue weighted by molar-refractivity contribution is 8.01. The average Bonchev–Trinajstić information content (AvgIpc) is 2.14. The van der Waals surface area contributed by atoms with Crippen molar-refractivity contribution >= 4 is 35.2 Å². The van der Waals surface area contributed by atoms with E-state index in [1.165, 1.54) is 6.20 Å². The lowest BCUT2D eigenvalue weighted by Crippen LogP contribution is -2.20. The Bertz CT molecular complexity index is 379. The van der Waals surface area contributed by atoms with Crippen LogP contribution >= 0.6 is 23.4 Å². The van der Waals surface area contributed by atoms with Crippen molar-refractivity contribution in [3.63, 3.8) is 0 Å². The highest BCUT2D eigenvalue weighted by Gasteiger charge is 2.13. The Labute approximate surface area is 104 Å². The molecule has 0 unspecified atom stereocenters. The maximum absolute atomic E-state index is 11.5. The molecule has 0 bridgehead atoms. The van der Waals surface area contributed by atoms with Gasteiger partial charge in [-0.3, -0.25) is 10.1 Å². The van der Waals surface area contributed by atoms with Gasteiger partial charge < -0.3 is 0 Å². The van der Waals surface area contributed by atoms with Crippen molar-refractivity contribution in [3.8, 4) is 0 Å². The fraction of sp³-hybridized carbons (Fsp3) is 0.500. The van der Waals surface area contributed by atoms with Crippen LogP contribution in [0.5, 0.6) is 0 Å². The van der Waals surface area contributed by atoms with Crippen LogP contribution in [0.25, 0.3) is 0 Å². The van der Waals surface area contributed by atoms with E-state index >= 15 is 0 Å². The van der Waals surface area contributed by atoms with Crippen LogP contribution in [0.15, 0.2) is 12.3 Å².